The van der Waals surface area contributed by atoms with Gasteiger partial charge in [-0.05, 0) is 19.4 Å². The minimum absolute atomic E-state index is 0.0822. The molecule has 0 amide bonds. The molecule has 0 fully saturated rings. The van der Waals surface area contributed by atoms with E-state index >= 15 is 0 Å². The molecule has 0 spiro atoms. The maximum absolute atomic E-state index is 9.95. The molecule has 0 aromatic rings. The minimum atomic E-state index is -0.866. The van der Waals surface area contributed by atoms with Crippen molar-refractivity contribution < 1.29 is 5.11 Å². The summed E-state index contributed by atoms with van der Waals surface area (Å²) < 4.78 is 0. The predicted molar refractivity (Wildman–Crippen MR) is 55.8 cm³/mol. The van der Waals surface area contributed by atoms with Gasteiger partial charge in [0.1, 0.15) is 5.60 Å². The van der Waals surface area contributed by atoms with Gasteiger partial charge in [0.2, 0.25) is 0 Å². The highest BCUT2D eigenvalue weighted by Gasteiger charge is 2.22. The summed E-state index contributed by atoms with van der Waals surface area (Å²) in [6.45, 7) is 7.75. The molecule has 1 heterocycles. The number of rotatable bonds is 0. The van der Waals surface area contributed by atoms with Crippen LogP contribution >= 0.6 is 0 Å². The molecule has 0 aliphatic carbocycles. The second-order valence-corrected chi connectivity index (χ2v) is 4.39. The van der Waals surface area contributed by atoms with Gasteiger partial charge in [0, 0.05) is 17.8 Å². The number of aliphatic imine (C=N–C) groups is 1. The van der Waals surface area contributed by atoms with E-state index in [4.69, 9.17) is 0 Å². The lowest BCUT2D eigenvalue weighted by Crippen LogP contribution is -2.25. The van der Waals surface area contributed by atoms with Crippen molar-refractivity contribution >= 4 is 6.21 Å². The van der Waals surface area contributed by atoms with Crippen LogP contribution in [0.1, 0.15) is 27.7 Å². The van der Waals surface area contributed by atoms with Crippen molar-refractivity contribution in [2.45, 2.75) is 33.3 Å². The lowest BCUT2D eigenvalue weighted by Gasteiger charge is -2.24. The zero-order chi connectivity index (χ0) is 10.1. The second-order valence-electron chi connectivity index (χ2n) is 4.39. The number of hydrogen-bond acceptors (Lipinski definition) is 2. The van der Waals surface area contributed by atoms with Crippen molar-refractivity contribution in [3.8, 4) is 0 Å². The molecule has 0 aromatic carbocycles. The van der Waals surface area contributed by atoms with Gasteiger partial charge >= 0.3 is 0 Å². The maximum atomic E-state index is 9.95. The van der Waals surface area contributed by atoms with Gasteiger partial charge in [-0.2, -0.15) is 0 Å². The maximum Gasteiger partial charge on any atom is 0.102 e. The zero-order valence-electron chi connectivity index (χ0n) is 8.70. The van der Waals surface area contributed by atoms with Crippen molar-refractivity contribution in [3.05, 3.63) is 23.9 Å². The highest BCUT2D eigenvalue weighted by atomic mass is 16.3. The topological polar surface area (TPSA) is 32.6 Å². The standard InChI is InChI=1S/C11H17NO/c1-9-7-12-8-10(2,3)5-6-11(9,4)13/h5-8,13H,1-4H3/b6-5-,9-7-,12-8?. The largest absolute Gasteiger partial charge is 0.382 e. The van der Waals surface area contributed by atoms with E-state index in [1.54, 1.807) is 13.1 Å². The molecule has 1 rings (SSSR count). The van der Waals surface area contributed by atoms with Crippen molar-refractivity contribution in [1.29, 1.82) is 0 Å². The normalized spacial score (nSPS) is 38.7. The molecule has 13 heavy (non-hydrogen) atoms. The number of aliphatic hydroxyl groups is 1. The summed E-state index contributed by atoms with van der Waals surface area (Å²) in [6.07, 6.45) is 7.39. The lowest BCUT2D eigenvalue weighted by molar-refractivity contribution is 0.149. The third-order valence-electron chi connectivity index (χ3n) is 2.31. The summed E-state index contributed by atoms with van der Waals surface area (Å²) in [5.74, 6) is 0. The van der Waals surface area contributed by atoms with Crippen LogP contribution in [0.15, 0.2) is 28.9 Å². The average Bonchev–Trinajstić information content (AvgIpc) is 2.00. The molecule has 1 unspecified atom stereocenters. The molecule has 1 aliphatic heterocycles. The van der Waals surface area contributed by atoms with E-state index in [1.807, 2.05) is 25.3 Å². The quantitative estimate of drug-likeness (QED) is 0.569. The van der Waals surface area contributed by atoms with Crippen LogP contribution in [0.3, 0.4) is 0 Å². The van der Waals surface area contributed by atoms with Gasteiger partial charge in [-0.25, -0.2) is 0 Å². The van der Waals surface area contributed by atoms with Crippen molar-refractivity contribution in [3.63, 3.8) is 0 Å². The first-order chi connectivity index (χ1) is 5.83. The molecule has 1 N–H and O–H groups in total. The lowest BCUT2D eigenvalue weighted by atomic mass is 9.88. The summed E-state index contributed by atoms with van der Waals surface area (Å²) >= 11 is 0. The summed E-state index contributed by atoms with van der Waals surface area (Å²) in [4.78, 5) is 4.16. The Morgan fingerprint density at radius 3 is 2.46 bits per heavy atom. The molecule has 1 atom stereocenters. The first-order valence-corrected chi connectivity index (χ1v) is 4.48. The third kappa shape index (κ3) is 2.52. The SMILES string of the molecule is C/C1=C/N=CC(C)(C)/C=C\C1(C)O. The van der Waals surface area contributed by atoms with Gasteiger partial charge in [0.15, 0.2) is 0 Å². The second kappa shape index (κ2) is 3.11. The average molecular weight is 179 g/mol. The summed E-state index contributed by atoms with van der Waals surface area (Å²) in [6, 6.07) is 0. The van der Waals surface area contributed by atoms with Crippen molar-refractivity contribution in [1.82, 2.24) is 0 Å². The smallest absolute Gasteiger partial charge is 0.102 e. The van der Waals surface area contributed by atoms with Crippen molar-refractivity contribution in [2.24, 2.45) is 10.4 Å². The van der Waals surface area contributed by atoms with Gasteiger partial charge in [-0.3, -0.25) is 4.99 Å². The third-order valence-corrected chi connectivity index (χ3v) is 2.31. The van der Waals surface area contributed by atoms with E-state index in [1.165, 1.54) is 0 Å². The van der Waals surface area contributed by atoms with Gasteiger partial charge in [-0.1, -0.05) is 26.0 Å². The molecule has 2 nitrogen and oxygen atoms in total. The molecule has 0 aromatic heterocycles. The van der Waals surface area contributed by atoms with Crippen LogP contribution in [-0.4, -0.2) is 16.9 Å². The molecule has 0 saturated carbocycles. The fraction of sp³-hybridized carbons (Fsp3) is 0.545. The Morgan fingerprint density at radius 2 is 1.85 bits per heavy atom. The van der Waals surface area contributed by atoms with E-state index in [2.05, 4.69) is 18.8 Å². The van der Waals surface area contributed by atoms with E-state index in [0.717, 1.165) is 5.57 Å². The zero-order valence-corrected chi connectivity index (χ0v) is 8.70. The molecule has 0 bridgehead atoms. The van der Waals surface area contributed by atoms with Gasteiger partial charge in [0.05, 0.1) is 0 Å². The first-order valence-electron chi connectivity index (χ1n) is 4.48. The summed E-state index contributed by atoms with van der Waals surface area (Å²) in [5, 5.41) is 9.95. The number of hydrogen-bond donors (Lipinski definition) is 1. The van der Waals surface area contributed by atoms with Gasteiger partial charge in [0.25, 0.3) is 0 Å². The minimum Gasteiger partial charge on any atom is -0.382 e. The van der Waals surface area contributed by atoms with Crippen LogP contribution in [0.5, 0.6) is 0 Å². The molecular formula is C11H17NO. The Bertz CT molecular complexity index is 282. The van der Waals surface area contributed by atoms with Gasteiger partial charge < -0.3 is 5.11 Å². The molecule has 1 aliphatic rings. The Hall–Kier alpha value is -0.890. The van der Waals surface area contributed by atoms with Crippen LogP contribution in [0, 0.1) is 5.41 Å². The van der Waals surface area contributed by atoms with Crippen LogP contribution in [-0.2, 0) is 0 Å². The number of allylic oxidation sites excluding steroid dienone is 1. The fourth-order valence-corrected chi connectivity index (χ4v) is 1.02. The van der Waals surface area contributed by atoms with Crippen LogP contribution in [0.2, 0.25) is 0 Å². The summed E-state index contributed by atoms with van der Waals surface area (Å²) in [7, 11) is 0. The fourth-order valence-electron chi connectivity index (χ4n) is 1.02. The number of nitrogens with zero attached hydrogens (tertiary/aromatic N) is 1. The van der Waals surface area contributed by atoms with Crippen LogP contribution < -0.4 is 0 Å². The van der Waals surface area contributed by atoms with E-state index in [9.17, 15) is 5.11 Å². The van der Waals surface area contributed by atoms with Crippen LogP contribution in [0.25, 0.3) is 0 Å². The van der Waals surface area contributed by atoms with E-state index in [-0.39, 0.29) is 5.41 Å². The predicted octanol–water partition coefficient (Wildman–Crippen LogP) is 2.31. The van der Waals surface area contributed by atoms with Gasteiger partial charge in [-0.15, -0.1) is 0 Å². The summed E-state index contributed by atoms with van der Waals surface area (Å²) in [5.41, 5.74) is -0.0912. The Balaban J connectivity index is 3.10. The monoisotopic (exact) mass is 179 g/mol. The van der Waals surface area contributed by atoms with E-state index < -0.39 is 5.60 Å². The Labute approximate surface area is 79.7 Å². The Morgan fingerprint density at radius 1 is 1.23 bits per heavy atom. The van der Waals surface area contributed by atoms with Crippen molar-refractivity contribution in [2.75, 3.05) is 0 Å². The molecular weight excluding hydrogens is 162 g/mol. The molecule has 2 heteroatoms. The Kier molecular flexibility index (Phi) is 2.44. The van der Waals surface area contributed by atoms with E-state index in [0.29, 0.717) is 0 Å². The highest BCUT2D eigenvalue weighted by Crippen LogP contribution is 2.24. The highest BCUT2D eigenvalue weighted by molar-refractivity contribution is 5.68. The van der Waals surface area contributed by atoms with Crippen LogP contribution in [0.4, 0.5) is 0 Å². The molecule has 0 saturated heterocycles. The molecule has 72 valence electrons. The molecule has 0 radical (unpaired) electrons. The first kappa shape index (κ1) is 10.2.